The van der Waals surface area contributed by atoms with Gasteiger partial charge >= 0.3 is 12.1 Å². The van der Waals surface area contributed by atoms with Crippen LogP contribution in [-0.2, 0) is 14.3 Å². The zero-order valence-corrected chi connectivity index (χ0v) is 18.1. The summed E-state index contributed by atoms with van der Waals surface area (Å²) in [5.41, 5.74) is 4.41. The molecule has 168 valence electrons. The summed E-state index contributed by atoms with van der Waals surface area (Å²) in [5.74, 6) is -1.27. The zero-order valence-electron chi connectivity index (χ0n) is 18.1. The molecule has 0 radical (unpaired) electrons. The van der Waals surface area contributed by atoms with Gasteiger partial charge in [-0.3, -0.25) is 9.59 Å². The van der Waals surface area contributed by atoms with Gasteiger partial charge in [0.25, 0.3) is 0 Å². The smallest absolute Gasteiger partial charge is 0.407 e. The Morgan fingerprint density at radius 2 is 1.72 bits per heavy atom. The highest BCUT2D eigenvalue weighted by atomic mass is 16.5. The average Bonchev–Trinajstić information content (AvgIpc) is 3.10. The number of fused-ring (bicyclic) bond motifs is 3. The van der Waals surface area contributed by atoms with Gasteiger partial charge in [0.15, 0.2) is 0 Å². The van der Waals surface area contributed by atoms with Gasteiger partial charge in [-0.15, -0.1) is 0 Å². The van der Waals surface area contributed by atoms with Crippen LogP contribution in [0.25, 0.3) is 11.1 Å². The molecule has 1 aliphatic heterocycles. The number of hydrogen-bond donors (Lipinski definition) is 2. The van der Waals surface area contributed by atoms with Crippen LogP contribution in [0.3, 0.4) is 0 Å². The minimum absolute atomic E-state index is 0.106. The number of hydrogen-bond acceptors (Lipinski definition) is 4. The molecule has 2 aromatic carbocycles. The molecule has 1 aliphatic carbocycles. The second-order valence-corrected chi connectivity index (χ2v) is 8.65. The highest BCUT2D eigenvalue weighted by Gasteiger charge is 2.32. The first-order valence-corrected chi connectivity index (χ1v) is 11.1. The van der Waals surface area contributed by atoms with E-state index in [-0.39, 0.29) is 18.4 Å². The topological polar surface area (TPSA) is 95.9 Å². The van der Waals surface area contributed by atoms with Gasteiger partial charge in [-0.05, 0) is 41.0 Å². The Labute approximate surface area is 187 Å². The Kier molecular flexibility index (Phi) is 6.44. The second-order valence-electron chi connectivity index (χ2n) is 8.65. The van der Waals surface area contributed by atoms with Crippen LogP contribution < -0.4 is 5.32 Å². The van der Waals surface area contributed by atoms with Crippen molar-refractivity contribution in [1.82, 2.24) is 10.2 Å². The van der Waals surface area contributed by atoms with Gasteiger partial charge < -0.3 is 20.1 Å². The molecule has 7 nitrogen and oxygen atoms in total. The van der Waals surface area contributed by atoms with Gasteiger partial charge in [-0.25, -0.2) is 4.79 Å². The van der Waals surface area contributed by atoms with Crippen LogP contribution in [0, 0.1) is 5.92 Å². The lowest BCUT2D eigenvalue weighted by Crippen LogP contribution is -2.52. The molecule has 32 heavy (non-hydrogen) atoms. The van der Waals surface area contributed by atoms with E-state index in [9.17, 15) is 19.5 Å². The van der Waals surface area contributed by atoms with Gasteiger partial charge in [-0.2, -0.15) is 0 Å². The summed E-state index contributed by atoms with van der Waals surface area (Å²) < 4.78 is 5.50. The van der Waals surface area contributed by atoms with Gasteiger partial charge in [0.1, 0.15) is 12.6 Å². The molecule has 2 aliphatic rings. The van der Waals surface area contributed by atoms with Crippen molar-refractivity contribution in [2.45, 2.75) is 38.1 Å². The first kappa shape index (κ1) is 21.9. The molecule has 0 aromatic heterocycles. The Morgan fingerprint density at radius 3 is 2.31 bits per heavy atom. The van der Waals surface area contributed by atoms with E-state index in [1.54, 1.807) is 4.90 Å². The van der Waals surface area contributed by atoms with Crippen LogP contribution >= 0.6 is 0 Å². The summed E-state index contributed by atoms with van der Waals surface area (Å²) in [7, 11) is 0. The number of rotatable bonds is 6. The van der Waals surface area contributed by atoms with E-state index in [1.165, 1.54) is 0 Å². The van der Waals surface area contributed by atoms with Gasteiger partial charge in [0.2, 0.25) is 5.91 Å². The van der Waals surface area contributed by atoms with Crippen molar-refractivity contribution in [2.75, 3.05) is 19.7 Å². The molecule has 1 saturated heterocycles. The van der Waals surface area contributed by atoms with Crippen LogP contribution in [0.5, 0.6) is 0 Å². The van der Waals surface area contributed by atoms with E-state index >= 15 is 0 Å². The van der Waals surface area contributed by atoms with Crippen molar-refractivity contribution in [1.29, 1.82) is 0 Å². The third-order valence-corrected chi connectivity index (χ3v) is 6.28. The molecule has 4 rings (SSSR count). The van der Waals surface area contributed by atoms with Crippen molar-refractivity contribution < 1.29 is 24.2 Å². The van der Waals surface area contributed by atoms with Crippen LogP contribution in [-0.4, -0.2) is 53.7 Å². The third-order valence-electron chi connectivity index (χ3n) is 6.28. The lowest BCUT2D eigenvalue weighted by molar-refractivity contribution is -0.143. The number of nitrogens with one attached hydrogen (secondary N) is 1. The maximum atomic E-state index is 12.9. The highest BCUT2D eigenvalue weighted by molar-refractivity contribution is 5.89. The van der Waals surface area contributed by atoms with Crippen molar-refractivity contribution in [2.24, 2.45) is 5.92 Å². The summed E-state index contributed by atoms with van der Waals surface area (Å²) in [6, 6.07) is 14.9. The number of benzene rings is 2. The summed E-state index contributed by atoms with van der Waals surface area (Å²) in [5, 5.41) is 11.8. The number of amides is 2. The number of alkyl carbamates (subject to hydrolysis) is 1. The number of carboxylic acid groups (broad SMARTS) is 1. The molecule has 2 unspecified atom stereocenters. The van der Waals surface area contributed by atoms with Crippen LogP contribution in [0.15, 0.2) is 48.5 Å². The fraction of sp³-hybridized carbons (Fsp3) is 0.400. The van der Waals surface area contributed by atoms with Gasteiger partial charge in [-0.1, -0.05) is 55.5 Å². The minimum atomic E-state index is -1.15. The van der Waals surface area contributed by atoms with Crippen molar-refractivity contribution in [3.8, 4) is 11.1 Å². The highest BCUT2D eigenvalue weighted by Crippen LogP contribution is 2.44. The van der Waals surface area contributed by atoms with Gasteiger partial charge in [0.05, 0.1) is 6.42 Å². The largest absolute Gasteiger partial charge is 0.481 e. The summed E-state index contributed by atoms with van der Waals surface area (Å²) in [6.07, 6.45) is 0.648. The molecule has 1 heterocycles. The van der Waals surface area contributed by atoms with Crippen molar-refractivity contribution >= 4 is 18.0 Å². The Bertz CT molecular complexity index is 975. The number of aliphatic carboxylic acids is 1. The fourth-order valence-electron chi connectivity index (χ4n) is 4.77. The minimum Gasteiger partial charge on any atom is -0.481 e. The Balaban J connectivity index is 1.43. The number of likely N-dealkylation sites (tertiary alicyclic amines) is 1. The summed E-state index contributed by atoms with van der Waals surface area (Å²) in [6.45, 7) is 3.31. The van der Waals surface area contributed by atoms with Crippen LogP contribution in [0.4, 0.5) is 4.79 Å². The molecule has 0 spiro atoms. The third kappa shape index (κ3) is 4.61. The molecule has 7 heteroatoms. The Morgan fingerprint density at radius 1 is 1.09 bits per heavy atom. The summed E-state index contributed by atoms with van der Waals surface area (Å²) >= 11 is 0. The maximum absolute atomic E-state index is 12.9. The zero-order chi connectivity index (χ0) is 22.7. The van der Waals surface area contributed by atoms with E-state index in [4.69, 9.17) is 4.74 Å². The van der Waals surface area contributed by atoms with E-state index in [2.05, 4.69) is 24.4 Å². The normalized spacial score (nSPS) is 18.4. The lowest BCUT2D eigenvalue weighted by Gasteiger charge is -2.33. The molecule has 1 fully saturated rings. The second kappa shape index (κ2) is 9.42. The molecule has 2 aromatic rings. The molecule has 0 bridgehead atoms. The molecular formula is C25H28N2O5. The first-order chi connectivity index (χ1) is 15.4. The van der Waals surface area contributed by atoms with E-state index in [1.807, 2.05) is 36.4 Å². The monoisotopic (exact) mass is 436 g/mol. The van der Waals surface area contributed by atoms with Crippen molar-refractivity contribution in [3.63, 3.8) is 0 Å². The predicted octanol–water partition coefficient (Wildman–Crippen LogP) is 3.63. The number of carboxylic acids is 1. The maximum Gasteiger partial charge on any atom is 0.407 e. The average molecular weight is 437 g/mol. The van der Waals surface area contributed by atoms with E-state index < -0.39 is 24.5 Å². The summed E-state index contributed by atoms with van der Waals surface area (Å²) in [4.78, 5) is 38.4. The number of nitrogens with zero attached hydrogens (tertiary/aromatic N) is 1. The standard InChI is InChI=1S/C25H28N2O5/c1-16-7-6-12-27(14-16)24(30)22(13-23(28)29)26-25(31)32-15-21-19-10-4-2-8-17(19)18-9-3-5-11-20(18)21/h2-5,8-11,16,21-22H,6-7,12-15H2,1H3,(H,26,31)(H,28,29). The van der Waals surface area contributed by atoms with E-state index in [0.717, 1.165) is 35.1 Å². The van der Waals surface area contributed by atoms with Crippen molar-refractivity contribution in [3.05, 3.63) is 59.7 Å². The SMILES string of the molecule is CC1CCCN(C(=O)C(CC(=O)O)NC(=O)OCC2c3ccccc3-c3ccccc32)C1. The Hall–Kier alpha value is -3.35. The van der Waals surface area contributed by atoms with Crippen LogP contribution in [0.1, 0.15) is 43.2 Å². The van der Waals surface area contributed by atoms with Crippen LogP contribution in [0.2, 0.25) is 0 Å². The predicted molar refractivity (Wildman–Crippen MR) is 119 cm³/mol. The quantitative estimate of drug-likeness (QED) is 0.721. The number of carbonyl (C=O) groups is 3. The molecule has 2 amide bonds. The first-order valence-electron chi connectivity index (χ1n) is 11.1. The lowest BCUT2D eigenvalue weighted by atomic mass is 9.98. The number of ether oxygens (including phenoxy) is 1. The fourth-order valence-corrected chi connectivity index (χ4v) is 4.77. The van der Waals surface area contributed by atoms with Gasteiger partial charge in [0, 0.05) is 19.0 Å². The van der Waals surface area contributed by atoms with E-state index in [0.29, 0.717) is 19.0 Å². The number of piperidine rings is 1. The number of carbonyl (C=O) groups excluding carboxylic acids is 2. The molecular weight excluding hydrogens is 408 g/mol. The molecule has 2 atom stereocenters. The molecule has 0 saturated carbocycles. The molecule has 2 N–H and O–H groups in total.